The number of hydrogen-bond acceptors (Lipinski definition) is 16. The molecule has 450 valence electrons. The summed E-state index contributed by atoms with van der Waals surface area (Å²) >= 11 is 0. The third-order valence-electron chi connectivity index (χ3n) is 16.8. The van der Waals surface area contributed by atoms with E-state index in [9.17, 15) is 23.2 Å². The smallest absolute Gasteiger partial charge is 0.231 e. The van der Waals surface area contributed by atoms with E-state index in [1.165, 1.54) is 13.4 Å². The van der Waals surface area contributed by atoms with Gasteiger partial charge in [-0.3, -0.25) is 14.4 Å². The summed E-state index contributed by atoms with van der Waals surface area (Å²) in [6, 6.07) is 18.6. The average molecular weight is 1190 g/mol. The third kappa shape index (κ3) is 11.5. The Morgan fingerprint density at radius 1 is 0.575 bits per heavy atom. The molecule has 87 heavy (non-hydrogen) atoms. The first kappa shape index (κ1) is 56.8. The lowest BCUT2D eigenvalue weighted by Crippen LogP contribution is -2.45. The number of nitrogens with zero attached hydrogens (tertiary/aromatic N) is 11. The number of likely N-dealkylation sites (N-methyl/N-ethyl adjacent to an activating group) is 1. The molecule has 1 aromatic carbocycles. The number of aryl methyl sites for hydroxylation is 2. The van der Waals surface area contributed by atoms with Crippen LogP contribution in [0.2, 0.25) is 0 Å². The average Bonchev–Trinajstić information content (AvgIpc) is 2.83. The number of ether oxygens (including phenoxy) is 5. The van der Waals surface area contributed by atoms with Crippen LogP contribution in [0.1, 0.15) is 19.3 Å². The summed E-state index contributed by atoms with van der Waals surface area (Å²) in [7, 11) is 8.68. The Labute approximate surface area is 497 Å². The predicted octanol–water partition coefficient (Wildman–Crippen LogP) is 8.10. The molecule has 3 saturated carbocycles. The van der Waals surface area contributed by atoms with Gasteiger partial charge in [0.05, 0.1) is 91.0 Å². The second kappa shape index (κ2) is 23.5. The van der Waals surface area contributed by atoms with Crippen LogP contribution in [0, 0.1) is 29.5 Å². The summed E-state index contributed by atoms with van der Waals surface area (Å²) in [6.45, 7) is 5.10. The van der Waals surface area contributed by atoms with Gasteiger partial charge in [0.25, 0.3) is 0 Å². The molecule has 1 saturated heterocycles. The molecule has 1 aliphatic heterocycles. The maximum absolute atomic E-state index is 15.6. The van der Waals surface area contributed by atoms with E-state index < -0.39 is 41.8 Å². The maximum atomic E-state index is 15.6. The zero-order chi connectivity index (χ0) is 60.2. The van der Waals surface area contributed by atoms with Crippen LogP contribution in [-0.2, 0) is 35.0 Å². The number of methoxy groups -OCH3 is 2. The zero-order valence-corrected chi connectivity index (χ0v) is 48.4. The van der Waals surface area contributed by atoms with Crippen molar-refractivity contribution in [2.45, 2.75) is 38.2 Å². The summed E-state index contributed by atoms with van der Waals surface area (Å²) in [5.74, 6) is -1.05. The van der Waals surface area contributed by atoms with Gasteiger partial charge in [-0.2, -0.15) is 0 Å². The van der Waals surface area contributed by atoms with Crippen molar-refractivity contribution in [1.82, 2.24) is 53.4 Å². The van der Waals surface area contributed by atoms with Crippen molar-refractivity contribution < 1.29 is 51.2 Å². The molecule has 3 aliphatic carbocycles. The van der Waals surface area contributed by atoms with Gasteiger partial charge < -0.3 is 63.1 Å². The van der Waals surface area contributed by atoms with E-state index in [1.54, 1.807) is 55.5 Å². The van der Waals surface area contributed by atoms with Crippen molar-refractivity contribution >= 4 is 67.9 Å². The molecule has 4 aliphatic rings. The van der Waals surface area contributed by atoms with Crippen LogP contribution in [0.25, 0.3) is 66.5 Å². The fraction of sp³-hybridized carbons (Fsp3) is 0.371. The highest BCUT2D eigenvalue weighted by atomic mass is 19.1. The largest absolute Gasteiger partial charge is 0.496 e. The molecule has 8 aromatic heterocycles. The molecular weight excluding hydrogens is 1130 g/mol. The molecule has 0 bridgehead atoms. The summed E-state index contributed by atoms with van der Waals surface area (Å²) < 4.78 is 79.7. The lowest BCUT2D eigenvalue weighted by molar-refractivity contribution is -0.118. The quantitative estimate of drug-likeness (QED) is 0.0544. The number of carbonyl (C=O) groups is 3. The Morgan fingerprint density at radius 2 is 1.08 bits per heavy atom. The summed E-state index contributed by atoms with van der Waals surface area (Å²) in [4.78, 5) is 70.9. The number of halogens is 3. The number of rotatable bonds is 22. The number of fused-ring (bicyclic) bond motifs is 3. The summed E-state index contributed by atoms with van der Waals surface area (Å²) in [6.07, 6.45) is 6.06. The van der Waals surface area contributed by atoms with Crippen LogP contribution < -0.4 is 39.6 Å². The van der Waals surface area contributed by atoms with Crippen molar-refractivity contribution in [1.29, 1.82) is 0 Å². The molecule has 4 fully saturated rings. The number of para-hydroxylation sites is 1. The van der Waals surface area contributed by atoms with E-state index in [0.29, 0.717) is 62.8 Å². The van der Waals surface area contributed by atoms with Gasteiger partial charge in [0.1, 0.15) is 72.8 Å². The van der Waals surface area contributed by atoms with E-state index in [1.807, 2.05) is 54.1 Å². The van der Waals surface area contributed by atoms with Crippen LogP contribution in [-0.4, -0.2) is 157 Å². The molecule has 0 unspecified atom stereocenters. The maximum Gasteiger partial charge on any atom is 0.231 e. The van der Waals surface area contributed by atoms with E-state index in [0.717, 1.165) is 67.5 Å². The van der Waals surface area contributed by atoms with E-state index in [4.69, 9.17) is 28.7 Å². The minimum Gasteiger partial charge on any atom is -0.496 e. The van der Waals surface area contributed by atoms with Gasteiger partial charge in [0, 0.05) is 74.5 Å². The topological polar surface area (TPSA) is 232 Å². The molecule has 22 nitrogen and oxygen atoms in total. The first-order valence-electron chi connectivity index (χ1n) is 28.8. The number of alkyl halides is 2. The van der Waals surface area contributed by atoms with Crippen LogP contribution in [0.15, 0.2) is 91.8 Å². The minimum atomic E-state index is -1.18. The fourth-order valence-corrected chi connectivity index (χ4v) is 11.6. The van der Waals surface area contributed by atoms with E-state index in [2.05, 4.69) is 62.3 Å². The first-order valence-corrected chi connectivity index (χ1v) is 28.8. The SMILES string of the molecule is COc1ccccc1-c1cc2cc(NC(=O)[C@H]3C[C@H]3CN3CCN(C)CC3)ncc2n1CCOc1ncnc(OCCOc2ncc(F)c(OC)c2-c2cc3cc(NC(=O)[C@@H]4C[C@@H]4F)ncc3n2C)c1-c1cc2cc(NC(=O)[C@@H]3C[C@@H]3F)ncc2n1C. The highest BCUT2D eigenvalue weighted by molar-refractivity contribution is 5.99. The van der Waals surface area contributed by atoms with Crippen LogP contribution in [0.5, 0.6) is 29.1 Å². The van der Waals surface area contributed by atoms with Crippen molar-refractivity contribution in [2.24, 2.45) is 37.8 Å². The summed E-state index contributed by atoms with van der Waals surface area (Å²) in [5.41, 5.74) is 5.33. The monoisotopic (exact) mass is 1190 g/mol. The van der Waals surface area contributed by atoms with Crippen LogP contribution >= 0.6 is 0 Å². The molecule has 9 aromatic rings. The molecule has 0 spiro atoms. The van der Waals surface area contributed by atoms with Crippen LogP contribution in [0.4, 0.5) is 30.6 Å². The molecule has 6 atom stereocenters. The van der Waals surface area contributed by atoms with E-state index in [-0.39, 0.29) is 85.1 Å². The van der Waals surface area contributed by atoms with Gasteiger partial charge in [-0.25, -0.2) is 43.1 Å². The second-order valence-corrected chi connectivity index (χ2v) is 22.6. The van der Waals surface area contributed by atoms with Gasteiger partial charge in [-0.05, 0) is 80.8 Å². The number of carbonyl (C=O) groups excluding carboxylic acids is 3. The lowest BCUT2D eigenvalue weighted by Gasteiger charge is -2.32. The number of anilines is 3. The van der Waals surface area contributed by atoms with Crippen molar-refractivity contribution in [3.63, 3.8) is 0 Å². The Bertz CT molecular complexity index is 4150. The number of nitrogens with one attached hydrogen (secondary N) is 3. The van der Waals surface area contributed by atoms with E-state index >= 15 is 4.39 Å². The molecule has 13 rings (SSSR count). The highest BCUT2D eigenvalue weighted by Crippen LogP contribution is 2.44. The summed E-state index contributed by atoms with van der Waals surface area (Å²) in [5, 5.41) is 10.7. The molecule has 9 heterocycles. The highest BCUT2D eigenvalue weighted by Gasteiger charge is 2.45. The molecule has 0 radical (unpaired) electrons. The minimum absolute atomic E-state index is 0.0245. The normalized spacial score (nSPS) is 19.9. The van der Waals surface area contributed by atoms with Gasteiger partial charge in [-0.1, -0.05) is 12.1 Å². The predicted molar refractivity (Wildman–Crippen MR) is 318 cm³/mol. The Kier molecular flexibility index (Phi) is 15.3. The molecule has 3 amide bonds. The van der Waals surface area contributed by atoms with Gasteiger partial charge in [-0.15, -0.1) is 0 Å². The number of piperazine rings is 1. The van der Waals surface area contributed by atoms with Gasteiger partial charge >= 0.3 is 0 Å². The number of pyridine rings is 4. The Morgan fingerprint density at radius 3 is 1.64 bits per heavy atom. The van der Waals surface area contributed by atoms with Gasteiger partial charge in [0.15, 0.2) is 11.6 Å². The number of benzene rings is 1. The van der Waals surface area contributed by atoms with Crippen LogP contribution in [0.3, 0.4) is 0 Å². The third-order valence-corrected chi connectivity index (χ3v) is 16.8. The Hall–Kier alpha value is -9.36. The molecular formula is C62H63F3N14O8. The Balaban J connectivity index is 0.774. The first-order chi connectivity index (χ1) is 42.2. The number of hydrogen-bond donors (Lipinski definition) is 3. The standard InChI is InChI=1S/C62H63F3N14O8/c1-75-10-12-78(13-11-75)31-36-18-38(36)57(80)72-53-24-35-19-44(37-8-6-7-9-50(37)83-4)79(49(35)30-68-53)14-15-85-61-55(46-21-34-23-52(67-29-48(34)77(46)3)74-59(82)40-26-42(40)64)62(71-32-70-61)87-17-16-86-60-54(56(84-5)43(65)27-69-60)45-20-33-22-51(66-28-47(33)76(45)2)73-58(81)39-25-41(39)63/h6-9,19-24,27-30,32,36,38-42H,10-18,25-26,31H2,1-5H3,(H,66,73,81)(H,67,74,82)(H,68,72,80)/t36-,38-,39+,40+,41-,42-/m0/s1. The second-order valence-electron chi connectivity index (χ2n) is 22.6. The molecule has 25 heteroatoms. The zero-order valence-electron chi connectivity index (χ0n) is 48.4. The van der Waals surface area contributed by atoms with Crippen molar-refractivity contribution in [2.75, 3.05) is 89.8 Å². The lowest BCUT2D eigenvalue weighted by atomic mass is 10.1. The number of aromatic nitrogens is 9. The van der Waals surface area contributed by atoms with Crippen molar-refractivity contribution in [3.8, 4) is 62.9 Å². The molecule has 3 N–H and O–H groups in total. The fourth-order valence-electron chi connectivity index (χ4n) is 11.6. The van der Waals surface area contributed by atoms with Gasteiger partial charge in [0.2, 0.25) is 35.4 Å². The van der Waals surface area contributed by atoms with Crippen molar-refractivity contribution in [3.05, 3.63) is 97.6 Å². The number of amides is 3.